The van der Waals surface area contributed by atoms with Gasteiger partial charge in [-0.3, -0.25) is 9.69 Å². The van der Waals surface area contributed by atoms with Gasteiger partial charge in [0, 0.05) is 31.0 Å². The molecule has 0 bridgehead atoms. The summed E-state index contributed by atoms with van der Waals surface area (Å²) < 4.78 is 27.7. The smallest absolute Gasteiger partial charge is 0.336 e. The molecule has 0 N–H and O–H groups in total. The van der Waals surface area contributed by atoms with Crippen LogP contribution in [0.1, 0.15) is 35.6 Å². The fourth-order valence-electron chi connectivity index (χ4n) is 4.43. The summed E-state index contributed by atoms with van der Waals surface area (Å²) in [7, 11) is 3.24. The van der Waals surface area contributed by atoms with Gasteiger partial charge in [-0.2, -0.15) is 0 Å². The van der Waals surface area contributed by atoms with Crippen LogP contribution in [0.15, 0.2) is 39.5 Å². The monoisotopic (exact) mass is 481 g/mol. The Bertz CT molecular complexity index is 1280. The molecule has 0 fully saturated rings. The van der Waals surface area contributed by atoms with Crippen molar-refractivity contribution in [3.8, 4) is 17.2 Å². The van der Waals surface area contributed by atoms with Crippen LogP contribution in [0.3, 0.4) is 0 Å². The fraction of sp³-hybridized carbons (Fsp3) is 0.407. The number of carbonyl (C=O) groups excluding carboxylic acids is 1. The summed E-state index contributed by atoms with van der Waals surface area (Å²) in [5, 5.41) is 0.854. The Kier molecular flexibility index (Phi) is 7.60. The second-order valence-corrected chi connectivity index (χ2v) is 8.54. The molecule has 1 aromatic heterocycles. The number of nitrogens with zero attached hydrogens (tertiary/aromatic N) is 1. The summed E-state index contributed by atoms with van der Waals surface area (Å²) in [6.07, 6.45) is 1.53. The molecular formula is C27H31NO7. The minimum Gasteiger partial charge on any atom is -0.493 e. The zero-order valence-corrected chi connectivity index (χ0v) is 20.6. The van der Waals surface area contributed by atoms with Gasteiger partial charge < -0.3 is 23.4 Å². The number of esters is 1. The number of hydrogen-bond donors (Lipinski definition) is 0. The molecule has 8 nitrogen and oxygen atoms in total. The molecule has 2 aromatic carbocycles. The Hall–Kier alpha value is -3.52. The highest BCUT2D eigenvalue weighted by Gasteiger charge is 2.25. The first-order valence-electron chi connectivity index (χ1n) is 11.7. The van der Waals surface area contributed by atoms with Gasteiger partial charge in [0.2, 0.25) is 0 Å². The second-order valence-electron chi connectivity index (χ2n) is 8.54. The number of benzene rings is 2. The van der Waals surface area contributed by atoms with E-state index in [9.17, 15) is 9.59 Å². The molecule has 1 aliphatic heterocycles. The lowest BCUT2D eigenvalue weighted by molar-refractivity contribution is -0.143. The maximum atomic E-state index is 12.2. The molecule has 186 valence electrons. The largest absolute Gasteiger partial charge is 0.493 e. The van der Waals surface area contributed by atoms with Gasteiger partial charge in [-0.05, 0) is 61.6 Å². The molecule has 0 spiro atoms. The van der Waals surface area contributed by atoms with Crippen molar-refractivity contribution < 1.29 is 28.2 Å². The van der Waals surface area contributed by atoms with Crippen LogP contribution >= 0.6 is 0 Å². The molecule has 3 aromatic rings. The molecule has 8 heteroatoms. The Morgan fingerprint density at radius 3 is 2.63 bits per heavy atom. The SMILES string of the molecule is CCOC(=O)CCc1cc2c(C)cc(=O)oc2c2c1OCN(CCc1ccc(OC)c(OC)c1)C2. The zero-order chi connectivity index (χ0) is 24.9. The van der Waals surface area contributed by atoms with Crippen molar-refractivity contribution in [1.29, 1.82) is 0 Å². The summed E-state index contributed by atoms with van der Waals surface area (Å²) in [4.78, 5) is 26.3. The fourth-order valence-corrected chi connectivity index (χ4v) is 4.43. The normalized spacial score (nSPS) is 13.3. The van der Waals surface area contributed by atoms with Crippen molar-refractivity contribution in [2.45, 2.75) is 39.7 Å². The van der Waals surface area contributed by atoms with E-state index in [0.29, 0.717) is 49.1 Å². The first-order valence-corrected chi connectivity index (χ1v) is 11.7. The number of ether oxygens (including phenoxy) is 4. The zero-order valence-electron chi connectivity index (χ0n) is 20.6. The van der Waals surface area contributed by atoms with E-state index < -0.39 is 0 Å². The van der Waals surface area contributed by atoms with Crippen LogP contribution in [-0.2, 0) is 28.9 Å². The number of rotatable bonds is 9. The van der Waals surface area contributed by atoms with E-state index in [4.69, 9.17) is 23.4 Å². The highest BCUT2D eigenvalue weighted by Crippen LogP contribution is 2.37. The van der Waals surface area contributed by atoms with E-state index in [1.165, 1.54) is 6.07 Å². The third kappa shape index (κ3) is 5.43. The lowest BCUT2D eigenvalue weighted by Gasteiger charge is -2.31. The van der Waals surface area contributed by atoms with E-state index in [-0.39, 0.29) is 18.0 Å². The minimum absolute atomic E-state index is 0.245. The molecule has 2 heterocycles. The lowest BCUT2D eigenvalue weighted by Crippen LogP contribution is -2.34. The Balaban J connectivity index is 1.59. The average Bonchev–Trinajstić information content (AvgIpc) is 2.86. The van der Waals surface area contributed by atoms with Crippen LogP contribution in [0.25, 0.3) is 11.0 Å². The van der Waals surface area contributed by atoms with E-state index in [2.05, 4.69) is 4.90 Å². The quantitative estimate of drug-likeness (QED) is 0.335. The van der Waals surface area contributed by atoms with E-state index in [0.717, 1.165) is 40.6 Å². The molecule has 0 atom stereocenters. The van der Waals surface area contributed by atoms with Crippen LogP contribution in [0.5, 0.6) is 17.2 Å². The van der Waals surface area contributed by atoms with Crippen molar-refractivity contribution in [3.05, 3.63) is 63.0 Å². The Labute approximate surface area is 204 Å². The van der Waals surface area contributed by atoms with Gasteiger partial charge in [0.25, 0.3) is 0 Å². The van der Waals surface area contributed by atoms with Gasteiger partial charge in [0.1, 0.15) is 18.1 Å². The van der Waals surface area contributed by atoms with Gasteiger partial charge >= 0.3 is 11.6 Å². The second kappa shape index (κ2) is 10.8. The van der Waals surface area contributed by atoms with Gasteiger partial charge in [-0.15, -0.1) is 0 Å². The summed E-state index contributed by atoms with van der Waals surface area (Å²) in [5.74, 6) is 1.83. The standard InChI is InChI=1S/C27H31NO7/c1-5-33-24(29)9-7-19-14-20-17(2)12-25(30)35-27(20)21-15-28(16-34-26(19)21)11-10-18-6-8-22(31-3)23(13-18)32-4/h6,8,12-14H,5,7,9-11,15-16H2,1-4H3. The number of hydrogen-bond acceptors (Lipinski definition) is 8. The Morgan fingerprint density at radius 2 is 1.89 bits per heavy atom. The topological polar surface area (TPSA) is 87.4 Å². The summed E-state index contributed by atoms with van der Waals surface area (Å²) in [6, 6.07) is 9.35. The third-order valence-electron chi connectivity index (χ3n) is 6.21. The first kappa shape index (κ1) is 24.6. The minimum atomic E-state index is -0.390. The molecule has 35 heavy (non-hydrogen) atoms. The third-order valence-corrected chi connectivity index (χ3v) is 6.21. The molecular weight excluding hydrogens is 450 g/mol. The molecule has 0 unspecified atom stereocenters. The van der Waals surface area contributed by atoms with E-state index in [1.54, 1.807) is 21.1 Å². The molecule has 4 rings (SSSR count). The first-order chi connectivity index (χ1) is 16.9. The van der Waals surface area contributed by atoms with Crippen molar-refractivity contribution in [3.63, 3.8) is 0 Å². The predicted octanol–water partition coefficient (Wildman–Crippen LogP) is 4.01. The van der Waals surface area contributed by atoms with Crippen LogP contribution in [-0.4, -0.2) is 45.0 Å². The summed E-state index contributed by atoms with van der Waals surface area (Å²) >= 11 is 0. The van der Waals surface area contributed by atoms with Crippen LogP contribution < -0.4 is 19.8 Å². The predicted molar refractivity (Wildman–Crippen MR) is 131 cm³/mol. The number of fused-ring (bicyclic) bond motifs is 3. The molecule has 0 saturated carbocycles. The van der Waals surface area contributed by atoms with Crippen molar-refractivity contribution in [1.82, 2.24) is 4.90 Å². The van der Waals surface area contributed by atoms with Crippen molar-refractivity contribution in [2.24, 2.45) is 0 Å². The van der Waals surface area contributed by atoms with Crippen LogP contribution in [0.4, 0.5) is 0 Å². The van der Waals surface area contributed by atoms with Gasteiger partial charge in [-0.1, -0.05) is 6.07 Å². The molecule has 0 aliphatic carbocycles. The number of methoxy groups -OCH3 is 2. The maximum Gasteiger partial charge on any atom is 0.336 e. The molecule has 1 aliphatic rings. The highest BCUT2D eigenvalue weighted by atomic mass is 16.5. The van der Waals surface area contributed by atoms with E-state index in [1.807, 2.05) is 31.2 Å². The summed E-state index contributed by atoms with van der Waals surface area (Å²) in [6.45, 7) is 5.73. The van der Waals surface area contributed by atoms with Gasteiger partial charge in [0.15, 0.2) is 11.5 Å². The highest BCUT2D eigenvalue weighted by molar-refractivity contribution is 5.86. The van der Waals surface area contributed by atoms with Crippen LogP contribution in [0, 0.1) is 6.92 Å². The number of aryl methyl sites for hydroxylation is 2. The number of carbonyl (C=O) groups is 1. The molecule has 0 radical (unpaired) electrons. The van der Waals surface area contributed by atoms with Gasteiger partial charge in [0.05, 0.1) is 26.4 Å². The van der Waals surface area contributed by atoms with Gasteiger partial charge in [-0.25, -0.2) is 4.79 Å². The van der Waals surface area contributed by atoms with E-state index >= 15 is 0 Å². The summed E-state index contributed by atoms with van der Waals surface area (Å²) in [5.41, 5.74) is 3.85. The van der Waals surface area contributed by atoms with Crippen molar-refractivity contribution in [2.75, 3.05) is 34.1 Å². The lowest BCUT2D eigenvalue weighted by atomic mass is 9.97. The van der Waals surface area contributed by atoms with Crippen molar-refractivity contribution >= 4 is 16.9 Å². The Morgan fingerprint density at radius 1 is 1.09 bits per heavy atom. The maximum absolute atomic E-state index is 12.2. The van der Waals surface area contributed by atoms with Crippen LogP contribution in [0.2, 0.25) is 0 Å². The molecule has 0 saturated heterocycles. The average molecular weight is 482 g/mol. The molecule has 0 amide bonds.